The maximum atomic E-state index is 12.8. The van der Waals surface area contributed by atoms with E-state index < -0.39 is 5.60 Å². The Bertz CT molecular complexity index is 375. The average molecular weight is 308 g/mol. The number of amides is 1. The molecule has 0 aromatic rings. The second-order valence-electron chi connectivity index (χ2n) is 7.73. The van der Waals surface area contributed by atoms with Gasteiger partial charge in [0.1, 0.15) is 0 Å². The van der Waals surface area contributed by atoms with Crippen LogP contribution < -0.4 is 0 Å². The van der Waals surface area contributed by atoms with Gasteiger partial charge in [0.05, 0.1) is 0 Å². The number of hydrogen-bond acceptors (Lipinski definition) is 3. The third-order valence-corrected chi connectivity index (χ3v) is 5.84. The number of likely N-dealkylation sites (tertiary alicyclic amines) is 2. The van der Waals surface area contributed by atoms with Gasteiger partial charge in [-0.2, -0.15) is 0 Å². The van der Waals surface area contributed by atoms with Gasteiger partial charge in [-0.05, 0) is 57.5 Å². The standard InChI is InChI=1S/C18H32N2O2/c21-17-18(22,15-19-11-4-2-1-3-5-12-19)10-7-13-20(17)14-16-8-6-9-16/h16,22H,1-15H2/t18-/m1/s1. The summed E-state index contributed by atoms with van der Waals surface area (Å²) in [4.78, 5) is 17.1. The fourth-order valence-electron chi connectivity index (χ4n) is 4.21. The molecule has 1 N–H and O–H groups in total. The van der Waals surface area contributed by atoms with Crippen molar-refractivity contribution in [2.24, 2.45) is 5.92 Å². The van der Waals surface area contributed by atoms with Crippen LogP contribution in [0.4, 0.5) is 0 Å². The SMILES string of the molecule is O=C1N(CC2CCC2)CCC[C@@]1(O)CN1CCCCCCC1. The Hall–Kier alpha value is -0.610. The highest BCUT2D eigenvalue weighted by Crippen LogP contribution is 2.31. The van der Waals surface area contributed by atoms with E-state index in [1.807, 2.05) is 4.90 Å². The van der Waals surface area contributed by atoms with Gasteiger partial charge in [-0.25, -0.2) is 0 Å². The third kappa shape index (κ3) is 3.83. The summed E-state index contributed by atoms with van der Waals surface area (Å²) in [5, 5.41) is 11.0. The normalized spacial score (nSPS) is 32.4. The average Bonchev–Trinajstić information content (AvgIpc) is 2.42. The lowest BCUT2D eigenvalue weighted by atomic mass is 9.83. The summed E-state index contributed by atoms with van der Waals surface area (Å²) in [6.07, 6.45) is 11.7. The first-order valence-electron chi connectivity index (χ1n) is 9.41. The molecule has 0 unspecified atom stereocenters. The van der Waals surface area contributed by atoms with Crippen molar-refractivity contribution >= 4 is 5.91 Å². The molecule has 3 fully saturated rings. The Morgan fingerprint density at radius 1 is 0.955 bits per heavy atom. The second-order valence-corrected chi connectivity index (χ2v) is 7.73. The number of carbonyl (C=O) groups is 1. The maximum Gasteiger partial charge on any atom is 0.255 e. The van der Waals surface area contributed by atoms with Crippen LogP contribution in [0, 0.1) is 5.92 Å². The minimum Gasteiger partial charge on any atom is -0.379 e. The Labute approximate surface area is 134 Å². The van der Waals surface area contributed by atoms with Crippen molar-refractivity contribution < 1.29 is 9.90 Å². The van der Waals surface area contributed by atoms with Crippen LogP contribution in [0.1, 0.15) is 64.2 Å². The van der Waals surface area contributed by atoms with E-state index in [1.165, 1.54) is 51.4 Å². The van der Waals surface area contributed by atoms with Gasteiger partial charge in [-0.1, -0.05) is 25.7 Å². The van der Waals surface area contributed by atoms with E-state index >= 15 is 0 Å². The summed E-state index contributed by atoms with van der Waals surface area (Å²) in [7, 11) is 0. The van der Waals surface area contributed by atoms with Gasteiger partial charge in [0, 0.05) is 19.6 Å². The molecule has 1 amide bonds. The highest BCUT2D eigenvalue weighted by Gasteiger charge is 2.43. The second kappa shape index (κ2) is 7.31. The van der Waals surface area contributed by atoms with E-state index in [0.29, 0.717) is 18.9 Å². The molecule has 2 saturated heterocycles. The molecule has 1 aliphatic carbocycles. The van der Waals surface area contributed by atoms with E-state index in [9.17, 15) is 9.90 Å². The molecule has 1 atom stereocenters. The molecule has 4 heteroatoms. The molecule has 0 spiro atoms. The van der Waals surface area contributed by atoms with E-state index in [4.69, 9.17) is 0 Å². The van der Waals surface area contributed by atoms with E-state index in [2.05, 4.69) is 4.90 Å². The molecule has 2 heterocycles. The lowest BCUT2D eigenvalue weighted by Crippen LogP contribution is -2.59. The number of nitrogens with zero attached hydrogens (tertiary/aromatic N) is 2. The first-order chi connectivity index (χ1) is 10.7. The molecule has 1 saturated carbocycles. The molecule has 2 aliphatic heterocycles. The van der Waals surface area contributed by atoms with Crippen LogP contribution >= 0.6 is 0 Å². The summed E-state index contributed by atoms with van der Waals surface area (Å²) in [6, 6.07) is 0. The molecule has 3 rings (SSSR count). The molecule has 22 heavy (non-hydrogen) atoms. The first-order valence-corrected chi connectivity index (χ1v) is 9.41. The summed E-state index contributed by atoms with van der Waals surface area (Å²) in [5.41, 5.74) is -1.12. The number of carbonyl (C=O) groups excluding carboxylic acids is 1. The number of piperidine rings is 1. The topological polar surface area (TPSA) is 43.8 Å². The van der Waals surface area contributed by atoms with E-state index in [0.717, 1.165) is 32.6 Å². The Balaban J connectivity index is 1.58. The zero-order valence-electron chi connectivity index (χ0n) is 13.9. The van der Waals surface area contributed by atoms with Gasteiger partial charge >= 0.3 is 0 Å². The van der Waals surface area contributed by atoms with Gasteiger partial charge in [0.2, 0.25) is 0 Å². The van der Waals surface area contributed by atoms with Crippen molar-refractivity contribution in [2.45, 2.75) is 69.8 Å². The minimum atomic E-state index is -1.12. The molecular weight excluding hydrogens is 276 g/mol. The van der Waals surface area contributed by atoms with Crippen LogP contribution in [-0.4, -0.2) is 59.1 Å². The van der Waals surface area contributed by atoms with Gasteiger partial charge in [0.25, 0.3) is 5.91 Å². The van der Waals surface area contributed by atoms with Crippen LogP contribution in [0.15, 0.2) is 0 Å². The number of rotatable bonds is 4. The molecule has 4 nitrogen and oxygen atoms in total. The zero-order valence-corrected chi connectivity index (χ0v) is 13.9. The largest absolute Gasteiger partial charge is 0.379 e. The van der Waals surface area contributed by atoms with E-state index in [1.54, 1.807) is 0 Å². The summed E-state index contributed by atoms with van der Waals surface area (Å²) in [5.74, 6) is 0.695. The van der Waals surface area contributed by atoms with Crippen molar-refractivity contribution in [1.82, 2.24) is 9.80 Å². The highest BCUT2D eigenvalue weighted by molar-refractivity contribution is 5.86. The molecule has 0 bridgehead atoms. The predicted molar refractivity (Wildman–Crippen MR) is 87.6 cm³/mol. The molecule has 0 radical (unpaired) electrons. The molecule has 126 valence electrons. The van der Waals surface area contributed by atoms with Gasteiger partial charge in [-0.3, -0.25) is 9.69 Å². The fourth-order valence-corrected chi connectivity index (χ4v) is 4.21. The van der Waals surface area contributed by atoms with Crippen LogP contribution in [0.2, 0.25) is 0 Å². The Morgan fingerprint density at radius 3 is 2.27 bits per heavy atom. The highest BCUT2D eigenvalue weighted by atomic mass is 16.3. The van der Waals surface area contributed by atoms with Crippen LogP contribution in [0.25, 0.3) is 0 Å². The maximum absolute atomic E-state index is 12.8. The van der Waals surface area contributed by atoms with Crippen molar-refractivity contribution in [3.05, 3.63) is 0 Å². The molecule has 0 aromatic heterocycles. The number of β-amino-alcohol motifs (C(OH)–C–C–N with tert-alkyl or cyclic N) is 1. The lowest BCUT2D eigenvalue weighted by Gasteiger charge is -2.43. The van der Waals surface area contributed by atoms with Crippen LogP contribution in [0.5, 0.6) is 0 Å². The molecular formula is C18H32N2O2. The number of hydrogen-bond donors (Lipinski definition) is 1. The predicted octanol–water partition coefficient (Wildman–Crippen LogP) is 2.41. The lowest BCUT2D eigenvalue weighted by molar-refractivity contribution is -0.160. The van der Waals surface area contributed by atoms with Crippen molar-refractivity contribution in [3.63, 3.8) is 0 Å². The van der Waals surface area contributed by atoms with Gasteiger partial charge in [-0.15, -0.1) is 0 Å². The number of aliphatic hydroxyl groups is 1. The molecule has 0 aromatic carbocycles. The third-order valence-electron chi connectivity index (χ3n) is 5.84. The van der Waals surface area contributed by atoms with E-state index in [-0.39, 0.29) is 5.91 Å². The molecule has 3 aliphatic rings. The van der Waals surface area contributed by atoms with Gasteiger partial charge in [0.15, 0.2) is 5.60 Å². The monoisotopic (exact) mass is 308 g/mol. The minimum absolute atomic E-state index is 0.00714. The zero-order chi connectivity index (χ0) is 15.4. The van der Waals surface area contributed by atoms with Crippen molar-refractivity contribution in [1.29, 1.82) is 0 Å². The quantitative estimate of drug-likeness (QED) is 0.867. The van der Waals surface area contributed by atoms with Crippen LogP contribution in [0.3, 0.4) is 0 Å². The van der Waals surface area contributed by atoms with Gasteiger partial charge < -0.3 is 10.0 Å². The van der Waals surface area contributed by atoms with Crippen molar-refractivity contribution in [3.8, 4) is 0 Å². The van der Waals surface area contributed by atoms with Crippen molar-refractivity contribution in [2.75, 3.05) is 32.7 Å². The van der Waals surface area contributed by atoms with Crippen LogP contribution in [-0.2, 0) is 4.79 Å². The summed E-state index contributed by atoms with van der Waals surface area (Å²) >= 11 is 0. The smallest absolute Gasteiger partial charge is 0.255 e. The summed E-state index contributed by atoms with van der Waals surface area (Å²) < 4.78 is 0. The first kappa shape index (κ1) is 16.3. The Morgan fingerprint density at radius 2 is 1.64 bits per heavy atom. The Kier molecular flexibility index (Phi) is 5.40. The fraction of sp³-hybridized carbons (Fsp3) is 0.944. The summed E-state index contributed by atoms with van der Waals surface area (Å²) in [6.45, 7) is 4.35.